The molecule has 1 heterocycles. The number of amides is 3. The van der Waals surface area contributed by atoms with Gasteiger partial charge in [-0.25, -0.2) is 4.79 Å². The molecule has 1 aromatic rings. The van der Waals surface area contributed by atoms with Crippen molar-refractivity contribution in [2.75, 3.05) is 34.5 Å². The van der Waals surface area contributed by atoms with Crippen LogP contribution in [0.5, 0.6) is 0 Å². The van der Waals surface area contributed by atoms with Crippen molar-refractivity contribution < 1.29 is 9.59 Å². The second-order valence-electron chi connectivity index (χ2n) is 9.29. The minimum Gasteiger partial charge on any atom is -0.369 e. The second kappa shape index (κ2) is 11.1. The number of hydrogen-bond acceptors (Lipinski definition) is 3. The number of alkyl halides is 1. The van der Waals surface area contributed by atoms with Crippen LogP contribution in [0.15, 0.2) is 0 Å². The van der Waals surface area contributed by atoms with Gasteiger partial charge >= 0.3 is 6.03 Å². The van der Waals surface area contributed by atoms with Crippen LogP contribution in [0.3, 0.4) is 0 Å². The summed E-state index contributed by atoms with van der Waals surface area (Å²) in [7, 11) is 0. The van der Waals surface area contributed by atoms with Gasteiger partial charge in [0.15, 0.2) is 0 Å². The number of rotatable bonds is 11. The Kier molecular flexibility index (Phi) is 9.04. The van der Waals surface area contributed by atoms with Gasteiger partial charge in [0, 0.05) is 19.0 Å². The summed E-state index contributed by atoms with van der Waals surface area (Å²) in [6, 6.07) is -0.605. The monoisotopic (exact) mass is 450 g/mol. The molecule has 1 aliphatic rings. The van der Waals surface area contributed by atoms with E-state index in [1.54, 1.807) is 0 Å². The van der Waals surface area contributed by atoms with Gasteiger partial charge in [-0.3, -0.25) is 4.79 Å². The predicted octanol–water partition coefficient (Wildman–Crippen LogP) is 5.72. The lowest BCUT2D eigenvalue weighted by atomic mass is 9.93. The van der Waals surface area contributed by atoms with Crippen molar-refractivity contribution in [3.63, 3.8) is 0 Å². The van der Waals surface area contributed by atoms with Crippen LogP contribution in [0, 0.1) is 19.3 Å². The Morgan fingerprint density at radius 1 is 1.03 bits per heavy atom. The number of halogens is 1. The smallest absolute Gasteiger partial charge is 0.316 e. The van der Waals surface area contributed by atoms with Crippen molar-refractivity contribution in [2.24, 2.45) is 11.1 Å². The third-order valence-electron chi connectivity index (χ3n) is 6.27. The Balaban J connectivity index is 2.36. The Morgan fingerprint density at radius 3 is 2.29 bits per heavy atom. The molecule has 1 aromatic carbocycles. The maximum absolute atomic E-state index is 13.0. The van der Waals surface area contributed by atoms with Gasteiger partial charge in [0.25, 0.3) is 0 Å². The number of nitrogens with one attached hydrogen (secondary N) is 2. The number of carbonyl (C=O) groups is 2. The van der Waals surface area contributed by atoms with E-state index < -0.39 is 11.4 Å². The van der Waals surface area contributed by atoms with Crippen LogP contribution in [-0.2, 0) is 11.2 Å². The molecule has 0 atom stereocenters. The lowest BCUT2D eigenvalue weighted by Gasteiger charge is -2.28. The minimum atomic E-state index is -0.703. The van der Waals surface area contributed by atoms with Gasteiger partial charge in [-0.2, -0.15) is 0 Å². The van der Waals surface area contributed by atoms with Gasteiger partial charge in [0.1, 0.15) is 0 Å². The molecule has 2 rings (SSSR count). The van der Waals surface area contributed by atoms with Crippen molar-refractivity contribution in [3.05, 3.63) is 16.7 Å². The van der Waals surface area contributed by atoms with Gasteiger partial charge in [0.05, 0.1) is 22.5 Å². The molecular formula is C24H39ClN4O2. The molecule has 4 N–H and O–H groups in total. The molecular weight excluding hydrogens is 412 g/mol. The first-order chi connectivity index (χ1) is 14.6. The Morgan fingerprint density at radius 2 is 1.68 bits per heavy atom. The number of nitrogens with zero attached hydrogens (tertiary/aromatic N) is 1. The second-order valence-corrected chi connectivity index (χ2v) is 9.56. The Labute approximate surface area is 192 Å². The molecule has 1 aliphatic heterocycles. The Bertz CT molecular complexity index is 808. The van der Waals surface area contributed by atoms with E-state index in [0.29, 0.717) is 5.69 Å². The van der Waals surface area contributed by atoms with Crippen molar-refractivity contribution in [2.45, 2.75) is 79.6 Å². The molecule has 0 fully saturated rings. The maximum Gasteiger partial charge on any atom is 0.316 e. The van der Waals surface area contributed by atoms with Crippen LogP contribution in [0.2, 0.25) is 0 Å². The number of unbranched alkanes of at least 4 members (excludes halogenated alkanes) is 5. The number of nitrogens with two attached hydrogens (primary N) is 1. The molecule has 0 saturated heterocycles. The highest BCUT2D eigenvalue weighted by atomic mass is 35.5. The quantitative estimate of drug-likeness (QED) is 0.297. The zero-order valence-corrected chi connectivity index (χ0v) is 20.5. The van der Waals surface area contributed by atoms with E-state index in [-0.39, 0.29) is 11.8 Å². The first-order valence-corrected chi connectivity index (χ1v) is 12.0. The van der Waals surface area contributed by atoms with Gasteiger partial charge < -0.3 is 21.3 Å². The van der Waals surface area contributed by atoms with Crippen molar-refractivity contribution >= 4 is 40.6 Å². The number of carbonyl (C=O) groups excluding carboxylic acids is 2. The van der Waals surface area contributed by atoms with Gasteiger partial charge in [0.2, 0.25) is 5.91 Å². The van der Waals surface area contributed by atoms with E-state index >= 15 is 0 Å². The molecule has 7 heteroatoms. The van der Waals surface area contributed by atoms with Crippen LogP contribution in [0.4, 0.5) is 21.9 Å². The van der Waals surface area contributed by atoms with E-state index in [1.165, 1.54) is 37.7 Å². The third kappa shape index (κ3) is 6.06. The molecule has 0 bridgehead atoms. The zero-order chi connectivity index (χ0) is 23.2. The lowest BCUT2D eigenvalue weighted by Crippen LogP contribution is -2.33. The van der Waals surface area contributed by atoms with E-state index in [0.717, 1.165) is 48.4 Å². The van der Waals surface area contributed by atoms with Crippen molar-refractivity contribution in [1.29, 1.82) is 0 Å². The Hall–Kier alpha value is -1.95. The first-order valence-electron chi connectivity index (χ1n) is 11.5. The summed E-state index contributed by atoms with van der Waals surface area (Å²) in [6.07, 6.45) is 8.33. The molecule has 0 saturated carbocycles. The molecule has 0 aromatic heterocycles. The number of fused-ring (bicyclic) bond motifs is 1. The lowest BCUT2D eigenvalue weighted by molar-refractivity contribution is -0.122. The van der Waals surface area contributed by atoms with Crippen molar-refractivity contribution in [3.8, 4) is 0 Å². The van der Waals surface area contributed by atoms with Crippen LogP contribution in [0.25, 0.3) is 0 Å². The highest BCUT2D eigenvalue weighted by Gasteiger charge is 2.32. The molecule has 174 valence electrons. The van der Waals surface area contributed by atoms with Gasteiger partial charge in [-0.05, 0) is 57.2 Å². The summed E-state index contributed by atoms with van der Waals surface area (Å²) in [6.45, 7) is 11.7. The normalized spacial score (nSPS) is 13.3. The molecule has 0 unspecified atom stereocenters. The van der Waals surface area contributed by atoms with Gasteiger partial charge in [-0.1, -0.05) is 39.0 Å². The number of benzene rings is 1. The maximum atomic E-state index is 13.0. The number of hydrogen-bond donors (Lipinski definition) is 3. The fourth-order valence-electron chi connectivity index (χ4n) is 4.19. The molecule has 31 heavy (non-hydrogen) atoms. The minimum absolute atomic E-state index is 0.131. The predicted molar refractivity (Wildman–Crippen MR) is 132 cm³/mol. The van der Waals surface area contributed by atoms with E-state index in [2.05, 4.69) is 22.5 Å². The fourth-order valence-corrected chi connectivity index (χ4v) is 4.31. The summed E-state index contributed by atoms with van der Waals surface area (Å²) in [5.74, 6) is 0.0906. The zero-order valence-electron chi connectivity index (χ0n) is 19.8. The van der Waals surface area contributed by atoms with E-state index in [4.69, 9.17) is 17.3 Å². The third-order valence-corrected chi connectivity index (χ3v) is 6.93. The molecule has 0 spiro atoms. The average molecular weight is 451 g/mol. The molecule has 6 nitrogen and oxygen atoms in total. The summed E-state index contributed by atoms with van der Waals surface area (Å²) in [4.78, 5) is 27.0. The summed E-state index contributed by atoms with van der Waals surface area (Å²) < 4.78 is 0. The summed E-state index contributed by atoms with van der Waals surface area (Å²) in [5.41, 5.74) is 10.3. The van der Waals surface area contributed by atoms with Crippen LogP contribution in [0.1, 0.15) is 76.0 Å². The number of anilines is 3. The fraction of sp³-hybridized carbons (Fsp3) is 0.667. The average Bonchev–Trinajstić information content (AvgIpc) is 3.14. The highest BCUT2D eigenvalue weighted by Crippen LogP contribution is 2.45. The van der Waals surface area contributed by atoms with E-state index in [1.807, 2.05) is 27.7 Å². The topological polar surface area (TPSA) is 87.5 Å². The van der Waals surface area contributed by atoms with E-state index in [9.17, 15) is 9.59 Å². The largest absolute Gasteiger partial charge is 0.369 e. The van der Waals surface area contributed by atoms with Crippen molar-refractivity contribution in [1.82, 2.24) is 0 Å². The first kappa shape index (κ1) is 25.3. The number of primary amides is 1. The summed E-state index contributed by atoms with van der Waals surface area (Å²) in [5, 5.41) is 5.90. The highest BCUT2D eigenvalue weighted by molar-refractivity contribution is 6.20. The molecule has 0 radical (unpaired) electrons. The van der Waals surface area contributed by atoms with Crippen LogP contribution >= 0.6 is 11.6 Å². The molecule has 3 amide bonds. The summed E-state index contributed by atoms with van der Waals surface area (Å²) >= 11 is 6.04. The molecule has 0 aliphatic carbocycles. The van der Waals surface area contributed by atoms with Crippen LogP contribution < -0.4 is 21.3 Å². The standard InChI is InChI=1S/C24H39ClN4O2/c1-6-7-8-9-10-11-13-29-14-12-18-16(2)19(28-23(26)31)17(3)20(21(18)29)27-22(30)24(4,5)15-25/h6-15H2,1-5H3,(H,27,30)(H3,26,28,31). The SMILES string of the molecule is CCCCCCCCN1CCc2c(C)c(NC(N)=O)c(C)c(NC(=O)C(C)(C)CCl)c21. The van der Waals surface area contributed by atoms with Crippen LogP contribution in [-0.4, -0.2) is 30.9 Å². The van der Waals surface area contributed by atoms with Gasteiger partial charge in [-0.15, -0.1) is 11.6 Å². The number of urea groups is 1.